The smallest absolute Gasteiger partial charge is 0.244 e. The number of halogens is 1. The predicted octanol–water partition coefficient (Wildman–Crippen LogP) is 1.87. The largest absolute Gasteiger partial charge is 0.320 e. The summed E-state index contributed by atoms with van der Waals surface area (Å²) in [7, 11) is -3.57. The summed E-state index contributed by atoms with van der Waals surface area (Å²) in [6.07, 6.45) is 1.14. The number of sulfonamides is 1. The van der Waals surface area contributed by atoms with Crippen LogP contribution in [-0.4, -0.2) is 33.5 Å². The summed E-state index contributed by atoms with van der Waals surface area (Å²) in [6.45, 7) is 2.55. The molecule has 6 nitrogen and oxygen atoms in total. The molecule has 0 saturated carbocycles. The maximum Gasteiger partial charge on any atom is 0.244 e. The normalized spacial score (nSPS) is 14.4. The van der Waals surface area contributed by atoms with Gasteiger partial charge in [-0.25, -0.2) is 13.1 Å². The number of nitrogens with zero attached hydrogens (tertiary/aromatic N) is 1. The molecular weight excluding hydrogens is 386 g/mol. The number of nitrogens with two attached hydrogens (primary N) is 1. The molecule has 0 saturated heterocycles. The van der Waals surface area contributed by atoms with E-state index in [1.165, 1.54) is 0 Å². The van der Waals surface area contributed by atoms with Crippen molar-refractivity contribution < 1.29 is 13.2 Å². The summed E-state index contributed by atoms with van der Waals surface area (Å²) in [5, 5.41) is 0. The van der Waals surface area contributed by atoms with Crippen molar-refractivity contribution in [3.8, 4) is 0 Å². The zero-order chi connectivity index (χ0) is 18.7. The molecule has 3 N–H and O–H groups in total. The monoisotopic (exact) mass is 409 g/mol. The molecule has 0 radical (unpaired) electrons. The second-order valence-corrected chi connectivity index (χ2v) is 8.09. The fraction of sp³-hybridized carbons (Fsp3) is 0.316. The molecule has 0 bridgehead atoms. The summed E-state index contributed by atoms with van der Waals surface area (Å²) < 4.78 is 27.0. The molecule has 3 rings (SSSR count). The third kappa shape index (κ3) is 4.68. The zero-order valence-electron chi connectivity index (χ0n) is 15.1. The molecular formula is C19H24ClN3O3S. The van der Waals surface area contributed by atoms with Crippen molar-refractivity contribution >= 4 is 34.0 Å². The van der Waals surface area contributed by atoms with Gasteiger partial charge in [-0.15, -0.1) is 12.4 Å². The van der Waals surface area contributed by atoms with Crippen molar-refractivity contribution in [3.63, 3.8) is 0 Å². The van der Waals surface area contributed by atoms with E-state index in [4.69, 9.17) is 5.73 Å². The van der Waals surface area contributed by atoms with E-state index in [-0.39, 0.29) is 23.2 Å². The van der Waals surface area contributed by atoms with E-state index in [9.17, 15) is 13.2 Å². The van der Waals surface area contributed by atoms with E-state index in [0.717, 1.165) is 11.1 Å². The van der Waals surface area contributed by atoms with Gasteiger partial charge in [0.05, 0.1) is 10.9 Å². The van der Waals surface area contributed by atoms with Crippen LogP contribution in [0.15, 0.2) is 53.4 Å². The van der Waals surface area contributed by atoms with Gasteiger partial charge in [0.1, 0.15) is 0 Å². The average Bonchev–Trinajstić information content (AvgIpc) is 3.05. The van der Waals surface area contributed by atoms with Crippen molar-refractivity contribution in [2.75, 3.05) is 18.0 Å². The number of carbonyl (C=O) groups excluding carboxylic acids is 1. The molecule has 27 heavy (non-hydrogen) atoms. The molecule has 0 aliphatic carbocycles. The third-order valence-electron chi connectivity index (χ3n) is 4.48. The van der Waals surface area contributed by atoms with Gasteiger partial charge in [-0.05, 0) is 36.1 Å². The summed E-state index contributed by atoms with van der Waals surface area (Å²) in [4.78, 5) is 14.6. The van der Waals surface area contributed by atoms with E-state index in [2.05, 4.69) is 4.72 Å². The fourth-order valence-corrected chi connectivity index (χ4v) is 4.24. The number of hydrogen-bond acceptors (Lipinski definition) is 4. The molecule has 0 fully saturated rings. The van der Waals surface area contributed by atoms with Crippen LogP contribution < -0.4 is 15.4 Å². The highest BCUT2D eigenvalue weighted by atomic mass is 35.5. The number of amides is 1. The Balaban J connectivity index is 0.00000261. The lowest BCUT2D eigenvalue weighted by atomic mass is 10.1. The Bertz CT molecular complexity index is 904. The molecule has 1 heterocycles. The molecule has 1 atom stereocenters. The van der Waals surface area contributed by atoms with Crippen molar-refractivity contribution in [2.24, 2.45) is 5.73 Å². The van der Waals surface area contributed by atoms with Crippen molar-refractivity contribution in [3.05, 3.63) is 59.7 Å². The Labute approximate surface area is 166 Å². The number of hydrogen-bond donors (Lipinski definition) is 2. The number of anilines is 1. The van der Waals surface area contributed by atoms with E-state index in [1.54, 1.807) is 30.0 Å². The van der Waals surface area contributed by atoms with E-state index in [0.29, 0.717) is 31.6 Å². The fourth-order valence-electron chi connectivity index (χ4n) is 3.18. The van der Waals surface area contributed by atoms with Crippen LogP contribution in [0, 0.1) is 0 Å². The lowest BCUT2D eigenvalue weighted by Gasteiger charge is -2.22. The van der Waals surface area contributed by atoms with Gasteiger partial charge < -0.3 is 10.6 Å². The van der Waals surface area contributed by atoms with Crippen molar-refractivity contribution in [1.29, 1.82) is 0 Å². The molecule has 0 spiro atoms. The van der Waals surface area contributed by atoms with Crippen LogP contribution in [0.1, 0.15) is 18.1 Å². The van der Waals surface area contributed by atoms with Gasteiger partial charge in [0.15, 0.2) is 0 Å². The SMILES string of the molecule is CCNS(=O)(=O)c1ccc2c(c1)N(C(=O)[C@@H](N)Cc1ccccc1)CC2.Cl. The van der Waals surface area contributed by atoms with Gasteiger partial charge >= 0.3 is 0 Å². The number of carbonyl (C=O) groups is 1. The molecule has 1 aliphatic heterocycles. The number of nitrogens with one attached hydrogen (secondary N) is 1. The van der Waals surface area contributed by atoms with Crippen LogP contribution in [0.3, 0.4) is 0 Å². The molecule has 1 amide bonds. The maximum atomic E-state index is 12.8. The van der Waals surface area contributed by atoms with Crippen LogP contribution >= 0.6 is 12.4 Å². The van der Waals surface area contributed by atoms with Gasteiger partial charge in [0.2, 0.25) is 15.9 Å². The van der Waals surface area contributed by atoms with Crippen LogP contribution in [0.25, 0.3) is 0 Å². The van der Waals surface area contributed by atoms with E-state index in [1.807, 2.05) is 30.3 Å². The van der Waals surface area contributed by atoms with Crippen molar-refractivity contribution in [1.82, 2.24) is 4.72 Å². The van der Waals surface area contributed by atoms with Crippen LogP contribution in [0.5, 0.6) is 0 Å². The molecule has 8 heteroatoms. The standard InChI is InChI=1S/C19H23N3O3S.ClH/c1-2-21-26(24,25)16-9-8-15-10-11-22(18(15)13-16)19(23)17(20)12-14-6-4-3-5-7-14;/h3-9,13,17,21H,2,10-12,20H2,1H3;1H/t17-;/m0./s1. The number of benzene rings is 2. The van der Waals surface area contributed by atoms with E-state index >= 15 is 0 Å². The first kappa shape index (κ1) is 21.4. The first-order chi connectivity index (χ1) is 12.4. The average molecular weight is 410 g/mol. The van der Waals surface area contributed by atoms with Gasteiger partial charge in [-0.2, -0.15) is 0 Å². The summed E-state index contributed by atoms with van der Waals surface area (Å²) >= 11 is 0. The Kier molecular flexibility index (Phi) is 7.00. The van der Waals surface area contributed by atoms with Crippen LogP contribution in [0.4, 0.5) is 5.69 Å². The minimum atomic E-state index is -3.57. The maximum absolute atomic E-state index is 12.8. The Hall–Kier alpha value is -1.93. The lowest BCUT2D eigenvalue weighted by molar-refractivity contribution is -0.119. The summed E-state index contributed by atoms with van der Waals surface area (Å²) in [5.41, 5.74) is 8.73. The first-order valence-corrected chi connectivity index (χ1v) is 10.1. The molecule has 2 aromatic carbocycles. The molecule has 1 aliphatic rings. The van der Waals surface area contributed by atoms with Gasteiger partial charge in [0.25, 0.3) is 0 Å². The molecule has 0 unspecified atom stereocenters. The van der Waals surface area contributed by atoms with Gasteiger partial charge in [-0.1, -0.05) is 43.3 Å². The lowest BCUT2D eigenvalue weighted by Crippen LogP contribution is -2.44. The van der Waals surface area contributed by atoms with Crippen LogP contribution in [-0.2, 0) is 27.7 Å². The summed E-state index contributed by atoms with van der Waals surface area (Å²) in [5.74, 6) is -0.189. The Morgan fingerprint density at radius 2 is 1.93 bits per heavy atom. The van der Waals surface area contributed by atoms with Crippen LogP contribution in [0.2, 0.25) is 0 Å². The highest BCUT2D eigenvalue weighted by Gasteiger charge is 2.29. The second kappa shape index (κ2) is 8.84. The minimum absolute atomic E-state index is 0. The highest BCUT2D eigenvalue weighted by molar-refractivity contribution is 7.89. The van der Waals surface area contributed by atoms with Crippen molar-refractivity contribution in [2.45, 2.75) is 30.7 Å². The first-order valence-electron chi connectivity index (χ1n) is 8.66. The van der Waals surface area contributed by atoms with Gasteiger partial charge in [-0.3, -0.25) is 4.79 Å². The topological polar surface area (TPSA) is 92.5 Å². The minimum Gasteiger partial charge on any atom is -0.320 e. The van der Waals surface area contributed by atoms with Gasteiger partial charge in [0, 0.05) is 18.8 Å². The number of fused-ring (bicyclic) bond motifs is 1. The Morgan fingerprint density at radius 3 is 2.59 bits per heavy atom. The Morgan fingerprint density at radius 1 is 1.22 bits per heavy atom. The second-order valence-electron chi connectivity index (χ2n) is 6.33. The molecule has 2 aromatic rings. The molecule has 0 aromatic heterocycles. The van der Waals surface area contributed by atoms with E-state index < -0.39 is 16.1 Å². The number of rotatable bonds is 6. The molecule has 146 valence electrons. The predicted molar refractivity (Wildman–Crippen MR) is 109 cm³/mol. The zero-order valence-corrected chi connectivity index (χ0v) is 16.7. The third-order valence-corrected chi connectivity index (χ3v) is 6.02. The quantitative estimate of drug-likeness (QED) is 0.761. The summed E-state index contributed by atoms with van der Waals surface area (Å²) in [6, 6.07) is 13.9. The highest BCUT2D eigenvalue weighted by Crippen LogP contribution is 2.31.